The summed E-state index contributed by atoms with van der Waals surface area (Å²) >= 11 is 0. The summed E-state index contributed by atoms with van der Waals surface area (Å²) in [5, 5.41) is 9.03. The maximum atomic E-state index is 13.2. The van der Waals surface area contributed by atoms with Gasteiger partial charge < -0.3 is 23.7 Å². The lowest BCUT2D eigenvalue weighted by atomic mass is 10.1. The van der Waals surface area contributed by atoms with Crippen LogP contribution in [0.2, 0.25) is 0 Å². The van der Waals surface area contributed by atoms with Gasteiger partial charge in [0.15, 0.2) is 0 Å². The molecule has 2 saturated heterocycles. The van der Waals surface area contributed by atoms with Crippen LogP contribution in [-0.2, 0) is 43.8 Å². The molecule has 6 rings (SSSR count). The van der Waals surface area contributed by atoms with E-state index in [9.17, 15) is 26.4 Å². The molecular formula is C45H49N3O12S2. The molecule has 0 spiro atoms. The fourth-order valence-electron chi connectivity index (χ4n) is 6.75. The zero-order chi connectivity index (χ0) is 44.9. The van der Waals surface area contributed by atoms with E-state index in [1.54, 1.807) is 39.8 Å². The number of sulfonamides is 2. The zero-order valence-electron chi connectivity index (χ0n) is 34.8. The first kappa shape index (κ1) is 47.3. The molecule has 4 aromatic rings. The van der Waals surface area contributed by atoms with Crippen molar-refractivity contribution in [3.8, 4) is 35.2 Å². The third-order valence-electron chi connectivity index (χ3n) is 9.59. The molecule has 15 nitrogen and oxygen atoms in total. The predicted molar refractivity (Wildman–Crippen MR) is 228 cm³/mol. The van der Waals surface area contributed by atoms with Crippen LogP contribution in [0.15, 0.2) is 119 Å². The van der Waals surface area contributed by atoms with E-state index in [2.05, 4.69) is 23.7 Å². The van der Waals surface area contributed by atoms with Crippen molar-refractivity contribution in [2.45, 2.75) is 74.0 Å². The molecule has 0 radical (unpaired) electrons. The van der Waals surface area contributed by atoms with Crippen LogP contribution < -0.4 is 15.0 Å². The number of nitrogens with zero attached hydrogens (tertiary/aromatic N) is 2. The number of hydroxylamine groups is 1. The van der Waals surface area contributed by atoms with Crippen LogP contribution in [0.25, 0.3) is 0 Å². The normalized spacial score (nSPS) is 21.6. The Balaban J connectivity index is 0.000000234. The standard InChI is InChI=1S/C23H25NO6S.C22H24N2O6S/c1-17-16-24(22(18(2)30-17)23(25)28-3)31(26,27)21-13-11-20(12-14-21)29-15-7-10-19-8-5-4-6-9-19;1-16-15-24(21(17(2)30-16)22(25)23-26)31(27,28)20-12-10-19(11-13-20)29-14-6-9-18-7-4-3-5-8-18/h4-6,8-9,11-14,17-18,22H,15-16H2,1-3H3;3-5,7-8,10-13,16-17,21,26H,14-15H2,1-2H3,(H,23,25). The van der Waals surface area contributed by atoms with Crippen molar-refractivity contribution in [3.63, 3.8) is 0 Å². The lowest BCUT2D eigenvalue weighted by Crippen LogP contribution is -2.60. The number of carbonyl (C=O) groups is 2. The van der Waals surface area contributed by atoms with Crippen molar-refractivity contribution in [3.05, 3.63) is 120 Å². The Morgan fingerprint density at radius 3 is 1.42 bits per heavy atom. The van der Waals surface area contributed by atoms with E-state index >= 15 is 0 Å². The van der Waals surface area contributed by atoms with E-state index in [0.29, 0.717) is 11.5 Å². The third-order valence-corrected chi connectivity index (χ3v) is 13.3. The SMILES string of the molecule is CC1CN(S(=O)(=O)c2ccc(OCC#Cc3ccccc3)cc2)C(C(=O)NO)C(C)O1.COC(=O)C1C(C)OC(C)CN1S(=O)(=O)c1ccc(OCC#Cc2ccccc2)cc1. The molecule has 17 heteroatoms. The van der Waals surface area contributed by atoms with Crippen molar-refractivity contribution in [2.24, 2.45) is 0 Å². The lowest BCUT2D eigenvalue weighted by Gasteiger charge is -2.40. The molecule has 6 atom stereocenters. The lowest BCUT2D eigenvalue weighted by molar-refractivity contribution is -0.158. The largest absolute Gasteiger partial charge is 0.481 e. The van der Waals surface area contributed by atoms with Gasteiger partial charge in [0.2, 0.25) is 20.0 Å². The van der Waals surface area contributed by atoms with Crippen LogP contribution in [0.4, 0.5) is 0 Å². The summed E-state index contributed by atoms with van der Waals surface area (Å²) in [5.74, 6) is 11.2. The van der Waals surface area contributed by atoms with Gasteiger partial charge in [-0.15, -0.1) is 0 Å². The number of amides is 1. The fraction of sp³-hybridized carbons (Fsp3) is 0.333. The van der Waals surface area contributed by atoms with E-state index in [-0.39, 0.29) is 42.2 Å². The molecule has 0 aliphatic carbocycles. The number of methoxy groups -OCH3 is 1. The van der Waals surface area contributed by atoms with Crippen LogP contribution in [0.3, 0.4) is 0 Å². The summed E-state index contributed by atoms with van der Waals surface area (Å²) in [4.78, 5) is 24.4. The molecule has 328 valence electrons. The Hall–Kier alpha value is -5.76. The first-order valence-electron chi connectivity index (χ1n) is 19.6. The molecule has 6 unspecified atom stereocenters. The van der Waals surface area contributed by atoms with Crippen molar-refractivity contribution in [2.75, 3.05) is 33.4 Å². The zero-order valence-corrected chi connectivity index (χ0v) is 36.5. The Bertz CT molecular complexity index is 2290. The topological polar surface area (TPSA) is 187 Å². The van der Waals surface area contributed by atoms with Gasteiger partial charge in [-0.2, -0.15) is 8.61 Å². The first-order valence-corrected chi connectivity index (χ1v) is 22.4. The average molecular weight is 888 g/mol. The summed E-state index contributed by atoms with van der Waals surface area (Å²) in [5.41, 5.74) is 3.29. The highest BCUT2D eigenvalue weighted by Crippen LogP contribution is 2.29. The highest BCUT2D eigenvalue weighted by atomic mass is 32.2. The second-order valence-corrected chi connectivity index (χ2v) is 18.0. The molecule has 0 bridgehead atoms. The molecule has 2 heterocycles. The van der Waals surface area contributed by atoms with Gasteiger partial charge >= 0.3 is 5.97 Å². The summed E-state index contributed by atoms with van der Waals surface area (Å²) in [6, 6.07) is 28.7. The molecule has 1 amide bonds. The maximum Gasteiger partial charge on any atom is 0.326 e. The van der Waals surface area contributed by atoms with Gasteiger partial charge in [0.25, 0.3) is 5.91 Å². The number of carbonyl (C=O) groups excluding carboxylic acids is 2. The Kier molecular flexibility index (Phi) is 16.7. The molecule has 2 aliphatic rings. The van der Waals surface area contributed by atoms with Crippen molar-refractivity contribution in [1.82, 2.24) is 14.1 Å². The number of benzene rings is 4. The molecule has 62 heavy (non-hydrogen) atoms. The van der Waals surface area contributed by atoms with E-state index < -0.39 is 62.3 Å². The highest BCUT2D eigenvalue weighted by Gasteiger charge is 2.46. The number of ether oxygens (including phenoxy) is 5. The summed E-state index contributed by atoms with van der Waals surface area (Å²) < 4.78 is 82.2. The summed E-state index contributed by atoms with van der Waals surface area (Å²) in [6.45, 7) is 7.10. The molecule has 4 aromatic carbocycles. The number of hydrogen-bond donors (Lipinski definition) is 2. The maximum absolute atomic E-state index is 13.2. The number of esters is 1. The van der Waals surface area contributed by atoms with Gasteiger partial charge in [0.1, 0.15) is 36.8 Å². The van der Waals surface area contributed by atoms with Gasteiger partial charge in [0.05, 0.1) is 41.3 Å². The minimum Gasteiger partial charge on any atom is -0.481 e. The van der Waals surface area contributed by atoms with E-state index in [1.807, 2.05) is 60.7 Å². The van der Waals surface area contributed by atoms with Crippen LogP contribution in [-0.4, -0.2) is 112 Å². The quantitative estimate of drug-likeness (QED) is 0.100. The first-order chi connectivity index (χ1) is 29.6. The van der Waals surface area contributed by atoms with Crippen molar-refractivity contribution >= 4 is 31.9 Å². The van der Waals surface area contributed by atoms with Gasteiger partial charge in [0, 0.05) is 24.2 Å². The molecule has 0 saturated carbocycles. The van der Waals surface area contributed by atoms with Gasteiger partial charge in [-0.05, 0) is 100 Å². The van der Waals surface area contributed by atoms with Crippen LogP contribution in [0, 0.1) is 23.7 Å². The highest BCUT2D eigenvalue weighted by molar-refractivity contribution is 7.89. The van der Waals surface area contributed by atoms with Crippen molar-refractivity contribution < 1.29 is 55.3 Å². The Labute approximate surface area is 362 Å². The Morgan fingerprint density at radius 2 is 1.03 bits per heavy atom. The van der Waals surface area contributed by atoms with Gasteiger partial charge in [-0.1, -0.05) is 60.1 Å². The van der Waals surface area contributed by atoms with Crippen LogP contribution >= 0.6 is 0 Å². The number of hydrogen-bond acceptors (Lipinski definition) is 12. The molecular weight excluding hydrogens is 839 g/mol. The molecule has 2 N–H and O–H groups in total. The molecule has 2 aliphatic heterocycles. The number of nitrogens with one attached hydrogen (secondary N) is 1. The van der Waals surface area contributed by atoms with Gasteiger partial charge in [-0.25, -0.2) is 22.3 Å². The van der Waals surface area contributed by atoms with Crippen molar-refractivity contribution in [1.29, 1.82) is 0 Å². The summed E-state index contributed by atoms with van der Waals surface area (Å²) in [7, 11) is -6.73. The third kappa shape index (κ3) is 12.2. The number of morpholine rings is 2. The van der Waals surface area contributed by atoms with Gasteiger partial charge in [-0.3, -0.25) is 14.8 Å². The Morgan fingerprint density at radius 1 is 0.645 bits per heavy atom. The van der Waals surface area contributed by atoms with Crippen LogP contribution in [0.5, 0.6) is 11.5 Å². The summed E-state index contributed by atoms with van der Waals surface area (Å²) in [6.07, 6.45) is -2.11. The molecule has 2 fully saturated rings. The second-order valence-electron chi connectivity index (χ2n) is 14.2. The van der Waals surface area contributed by atoms with E-state index in [0.717, 1.165) is 19.7 Å². The minimum atomic E-state index is -4.01. The smallest absolute Gasteiger partial charge is 0.326 e. The minimum absolute atomic E-state index is 0.00672. The second kappa shape index (κ2) is 21.9. The van der Waals surface area contributed by atoms with Crippen LogP contribution in [0.1, 0.15) is 38.8 Å². The fourth-order valence-corrected chi connectivity index (χ4v) is 10.2. The molecule has 0 aromatic heterocycles. The monoisotopic (exact) mass is 887 g/mol. The predicted octanol–water partition coefficient (Wildman–Crippen LogP) is 4.25. The van der Waals surface area contributed by atoms with E-state index in [1.165, 1.54) is 49.0 Å². The average Bonchev–Trinajstić information content (AvgIpc) is 3.27. The number of rotatable bonds is 10. The van der Waals surface area contributed by atoms with E-state index in [4.69, 9.17) is 28.9 Å².